The SMILES string of the molecule is NC(=O)c1ccc(NC2C(N)C3CCOC32)cc1Br. The van der Waals surface area contributed by atoms with E-state index in [1.807, 2.05) is 12.1 Å². The average molecular weight is 326 g/mol. The molecule has 1 aromatic carbocycles. The van der Waals surface area contributed by atoms with E-state index in [0.29, 0.717) is 16.0 Å². The Hall–Kier alpha value is -1.11. The molecule has 0 radical (unpaired) electrons. The molecule has 6 heteroatoms. The minimum atomic E-state index is -0.446. The summed E-state index contributed by atoms with van der Waals surface area (Å²) < 4.78 is 6.35. The van der Waals surface area contributed by atoms with Crippen LogP contribution in [0.4, 0.5) is 5.69 Å². The van der Waals surface area contributed by atoms with E-state index in [2.05, 4.69) is 21.2 Å². The van der Waals surface area contributed by atoms with Gasteiger partial charge in [0.05, 0.1) is 17.7 Å². The van der Waals surface area contributed by atoms with Gasteiger partial charge in [-0.15, -0.1) is 0 Å². The molecule has 1 saturated carbocycles. The molecule has 1 aliphatic carbocycles. The average Bonchev–Trinajstić information content (AvgIpc) is 2.80. The van der Waals surface area contributed by atoms with Crippen molar-refractivity contribution in [2.45, 2.75) is 24.6 Å². The topological polar surface area (TPSA) is 90.4 Å². The van der Waals surface area contributed by atoms with E-state index in [-0.39, 0.29) is 18.2 Å². The van der Waals surface area contributed by atoms with Crippen LogP contribution in [0.15, 0.2) is 22.7 Å². The molecule has 19 heavy (non-hydrogen) atoms. The van der Waals surface area contributed by atoms with Gasteiger partial charge in [0.2, 0.25) is 5.91 Å². The Balaban J connectivity index is 1.74. The lowest BCUT2D eigenvalue weighted by Crippen LogP contribution is -2.65. The second-order valence-corrected chi connectivity index (χ2v) is 5.95. The summed E-state index contributed by atoms with van der Waals surface area (Å²) in [6.07, 6.45) is 1.26. The van der Waals surface area contributed by atoms with Crippen LogP contribution >= 0.6 is 15.9 Å². The number of hydrogen-bond acceptors (Lipinski definition) is 4. The first-order valence-corrected chi connectivity index (χ1v) is 7.10. The molecule has 4 unspecified atom stereocenters. The van der Waals surface area contributed by atoms with Gasteiger partial charge in [-0.3, -0.25) is 4.79 Å². The molecule has 2 fully saturated rings. The van der Waals surface area contributed by atoms with Crippen LogP contribution < -0.4 is 16.8 Å². The lowest BCUT2D eigenvalue weighted by atomic mass is 9.72. The van der Waals surface area contributed by atoms with Gasteiger partial charge in [-0.25, -0.2) is 0 Å². The van der Waals surface area contributed by atoms with Crippen molar-refractivity contribution >= 4 is 27.5 Å². The van der Waals surface area contributed by atoms with Crippen LogP contribution in [-0.2, 0) is 4.74 Å². The Bertz CT molecular complexity index is 523. The number of nitrogens with two attached hydrogens (primary N) is 2. The number of ether oxygens (including phenoxy) is 1. The predicted octanol–water partition coefficient (Wildman–Crippen LogP) is 1.07. The molecule has 1 aliphatic heterocycles. The Labute approximate surface area is 119 Å². The monoisotopic (exact) mass is 325 g/mol. The van der Waals surface area contributed by atoms with Gasteiger partial charge in [0, 0.05) is 28.7 Å². The molecule has 0 spiro atoms. The number of halogens is 1. The van der Waals surface area contributed by atoms with E-state index in [0.717, 1.165) is 18.7 Å². The zero-order chi connectivity index (χ0) is 13.6. The molecule has 3 rings (SSSR count). The summed E-state index contributed by atoms with van der Waals surface area (Å²) in [4.78, 5) is 11.2. The van der Waals surface area contributed by atoms with Crippen LogP contribution in [0, 0.1) is 5.92 Å². The van der Waals surface area contributed by atoms with Crippen molar-refractivity contribution in [3.63, 3.8) is 0 Å². The first-order chi connectivity index (χ1) is 9.08. The highest BCUT2D eigenvalue weighted by atomic mass is 79.9. The van der Waals surface area contributed by atoms with Crippen LogP contribution in [0.5, 0.6) is 0 Å². The van der Waals surface area contributed by atoms with E-state index in [1.165, 1.54) is 0 Å². The van der Waals surface area contributed by atoms with Crippen molar-refractivity contribution in [3.8, 4) is 0 Å². The zero-order valence-corrected chi connectivity index (χ0v) is 11.9. The number of anilines is 1. The molecule has 0 aromatic heterocycles. The van der Waals surface area contributed by atoms with Crippen molar-refractivity contribution in [2.24, 2.45) is 17.4 Å². The second kappa shape index (κ2) is 4.77. The van der Waals surface area contributed by atoms with Crippen molar-refractivity contribution in [3.05, 3.63) is 28.2 Å². The number of primary amides is 1. The molecule has 2 aliphatic rings. The standard InChI is InChI=1S/C13H16BrN3O2/c14-9-5-6(1-2-7(9)13(16)18)17-11-10(15)8-3-4-19-12(8)11/h1-2,5,8,10-12,17H,3-4,15H2,(H2,16,18). The summed E-state index contributed by atoms with van der Waals surface area (Å²) in [5.41, 5.74) is 12.8. The van der Waals surface area contributed by atoms with Gasteiger partial charge >= 0.3 is 0 Å². The number of rotatable bonds is 3. The van der Waals surface area contributed by atoms with Crippen LogP contribution in [0.25, 0.3) is 0 Å². The molecule has 1 aromatic rings. The predicted molar refractivity (Wildman–Crippen MR) is 75.9 cm³/mol. The number of amides is 1. The highest BCUT2D eigenvalue weighted by Gasteiger charge is 2.52. The molecule has 1 heterocycles. The number of carbonyl (C=O) groups excluding carboxylic acids is 1. The number of nitrogens with one attached hydrogen (secondary N) is 1. The summed E-state index contributed by atoms with van der Waals surface area (Å²) >= 11 is 3.35. The van der Waals surface area contributed by atoms with Gasteiger partial charge in [-0.2, -0.15) is 0 Å². The normalized spacial score (nSPS) is 32.5. The van der Waals surface area contributed by atoms with E-state index in [1.54, 1.807) is 6.07 Å². The molecule has 102 valence electrons. The lowest BCUT2D eigenvalue weighted by molar-refractivity contribution is 0.00537. The first-order valence-electron chi connectivity index (χ1n) is 6.31. The maximum atomic E-state index is 11.2. The largest absolute Gasteiger partial charge is 0.378 e. The van der Waals surface area contributed by atoms with Gasteiger partial charge in [0.1, 0.15) is 0 Å². The molecule has 4 atom stereocenters. The van der Waals surface area contributed by atoms with Crippen molar-refractivity contribution in [2.75, 3.05) is 11.9 Å². The van der Waals surface area contributed by atoms with Gasteiger partial charge in [0.25, 0.3) is 0 Å². The Morgan fingerprint density at radius 1 is 1.47 bits per heavy atom. The third-order valence-corrected chi connectivity index (χ3v) is 4.67. The molecule has 1 saturated heterocycles. The quantitative estimate of drug-likeness (QED) is 0.775. The number of hydrogen-bond donors (Lipinski definition) is 3. The highest BCUT2D eigenvalue weighted by Crippen LogP contribution is 2.39. The lowest BCUT2D eigenvalue weighted by Gasteiger charge is -2.46. The fourth-order valence-electron chi connectivity index (χ4n) is 2.92. The Kier molecular flexibility index (Phi) is 3.24. The summed E-state index contributed by atoms with van der Waals surface area (Å²) in [5, 5.41) is 3.37. The maximum absolute atomic E-state index is 11.2. The van der Waals surface area contributed by atoms with E-state index >= 15 is 0 Å². The number of carbonyl (C=O) groups is 1. The maximum Gasteiger partial charge on any atom is 0.249 e. The van der Waals surface area contributed by atoms with E-state index in [4.69, 9.17) is 16.2 Å². The van der Waals surface area contributed by atoms with Crippen molar-refractivity contribution < 1.29 is 9.53 Å². The molecule has 0 bridgehead atoms. The summed E-state index contributed by atoms with van der Waals surface area (Å²) in [6, 6.07) is 5.64. The fraction of sp³-hybridized carbons (Fsp3) is 0.462. The van der Waals surface area contributed by atoms with Gasteiger partial charge in [-0.1, -0.05) is 0 Å². The second-order valence-electron chi connectivity index (χ2n) is 5.09. The van der Waals surface area contributed by atoms with Crippen LogP contribution in [-0.4, -0.2) is 30.7 Å². The van der Waals surface area contributed by atoms with Crippen LogP contribution in [0.2, 0.25) is 0 Å². The summed E-state index contributed by atoms with van der Waals surface area (Å²) in [5.74, 6) is 0.0313. The smallest absolute Gasteiger partial charge is 0.249 e. The minimum Gasteiger partial charge on any atom is -0.378 e. The van der Waals surface area contributed by atoms with Crippen molar-refractivity contribution in [1.29, 1.82) is 0 Å². The third-order valence-electron chi connectivity index (χ3n) is 4.01. The van der Waals surface area contributed by atoms with Crippen molar-refractivity contribution in [1.82, 2.24) is 0 Å². The van der Waals surface area contributed by atoms with Gasteiger partial charge in [-0.05, 0) is 40.5 Å². The van der Waals surface area contributed by atoms with E-state index < -0.39 is 5.91 Å². The molecule has 1 amide bonds. The third kappa shape index (κ3) is 2.13. The van der Waals surface area contributed by atoms with Crippen LogP contribution in [0.3, 0.4) is 0 Å². The number of fused-ring (bicyclic) bond motifs is 1. The van der Waals surface area contributed by atoms with Gasteiger partial charge < -0.3 is 21.5 Å². The highest BCUT2D eigenvalue weighted by molar-refractivity contribution is 9.10. The zero-order valence-electron chi connectivity index (χ0n) is 10.3. The molecular formula is C13H16BrN3O2. The number of benzene rings is 1. The molecule has 5 N–H and O–H groups in total. The first kappa shape index (κ1) is 12.9. The summed E-state index contributed by atoms with van der Waals surface area (Å²) in [6.45, 7) is 0.797. The Morgan fingerprint density at radius 2 is 2.26 bits per heavy atom. The van der Waals surface area contributed by atoms with Gasteiger partial charge in [0.15, 0.2) is 0 Å². The summed E-state index contributed by atoms with van der Waals surface area (Å²) in [7, 11) is 0. The molecular weight excluding hydrogens is 310 g/mol. The Morgan fingerprint density at radius 3 is 2.95 bits per heavy atom. The minimum absolute atomic E-state index is 0.127. The fourth-order valence-corrected chi connectivity index (χ4v) is 3.50. The molecule has 5 nitrogen and oxygen atoms in total. The van der Waals surface area contributed by atoms with E-state index in [9.17, 15) is 4.79 Å². The van der Waals surface area contributed by atoms with Crippen LogP contribution in [0.1, 0.15) is 16.8 Å².